The van der Waals surface area contributed by atoms with Crippen molar-refractivity contribution in [2.75, 3.05) is 0 Å². The zero-order valence-corrected chi connectivity index (χ0v) is 14.7. The fraction of sp³-hybridized carbons (Fsp3) is 0.550. The maximum absolute atomic E-state index is 11.9. The first-order chi connectivity index (χ1) is 11.9. The lowest BCUT2D eigenvalue weighted by molar-refractivity contribution is -0.157. The number of aldehydes is 1. The number of rotatable bonds is 4. The van der Waals surface area contributed by atoms with Crippen LogP contribution < -0.4 is 4.74 Å². The van der Waals surface area contributed by atoms with E-state index in [4.69, 9.17) is 4.74 Å². The summed E-state index contributed by atoms with van der Waals surface area (Å²) in [5.41, 5.74) is 1.55. The molecular formula is C20H24O5. The fourth-order valence-corrected chi connectivity index (χ4v) is 4.91. The minimum atomic E-state index is -0.836. The number of benzene rings is 1. The molecule has 2 aliphatic rings. The van der Waals surface area contributed by atoms with Crippen LogP contribution >= 0.6 is 0 Å². The lowest BCUT2D eigenvalue weighted by Gasteiger charge is -2.49. The number of aryl methyl sites for hydroxylation is 1. The molecule has 0 heterocycles. The van der Waals surface area contributed by atoms with Crippen LogP contribution in [0, 0.1) is 17.3 Å². The van der Waals surface area contributed by atoms with E-state index in [1.54, 1.807) is 6.92 Å². The number of esters is 1. The zero-order chi connectivity index (χ0) is 18.2. The second-order valence-corrected chi connectivity index (χ2v) is 7.53. The van der Waals surface area contributed by atoms with Gasteiger partial charge in [0, 0.05) is 13.3 Å². The Kier molecular flexibility index (Phi) is 4.67. The van der Waals surface area contributed by atoms with Gasteiger partial charge < -0.3 is 14.6 Å². The van der Waals surface area contributed by atoms with Crippen LogP contribution in [0.4, 0.5) is 0 Å². The summed E-state index contributed by atoms with van der Waals surface area (Å²) in [6.07, 6.45) is 4.23. The summed E-state index contributed by atoms with van der Waals surface area (Å²) >= 11 is 0. The molecule has 1 N–H and O–H groups in total. The molecule has 134 valence electrons. The third-order valence-electron chi connectivity index (χ3n) is 6.19. The summed E-state index contributed by atoms with van der Waals surface area (Å²) in [6, 6.07) is 5.74. The highest BCUT2D eigenvalue weighted by Gasteiger charge is 2.51. The summed E-state index contributed by atoms with van der Waals surface area (Å²) in [5.74, 6) is -0.245. The average molecular weight is 344 g/mol. The molecule has 5 nitrogen and oxygen atoms in total. The minimum absolute atomic E-state index is 0.137. The first-order valence-electron chi connectivity index (χ1n) is 8.85. The van der Waals surface area contributed by atoms with Crippen LogP contribution in [0.5, 0.6) is 5.75 Å². The van der Waals surface area contributed by atoms with Crippen molar-refractivity contribution in [2.45, 2.75) is 51.9 Å². The lowest BCUT2D eigenvalue weighted by atomic mass is 9.54. The van der Waals surface area contributed by atoms with Crippen LogP contribution in [-0.4, -0.2) is 23.3 Å². The van der Waals surface area contributed by atoms with Gasteiger partial charge in [-0.05, 0) is 73.6 Å². The predicted molar refractivity (Wildman–Crippen MR) is 91.5 cm³/mol. The van der Waals surface area contributed by atoms with Crippen molar-refractivity contribution >= 4 is 18.2 Å². The van der Waals surface area contributed by atoms with Gasteiger partial charge in [0.2, 0.25) is 0 Å². The van der Waals surface area contributed by atoms with E-state index in [2.05, 4.69) is 0 Å². The summed E-state index contributed by atoms with van der Waals surface area (Å²) in [7, 11) is 0. The number of carbonyl (C=O) groups is 3. The van der Waals surface area contributed by atoms with Crippen LogP contribution in [0.1, 0.15) is 56.6 Å². The van der Waals surface area contributed by atoms with Gasteiger partial charge in [-0.2, -0.15) is 0 Å². The Hall–Kier alpha value is -2.17. The van der Waals surface area contributed by atoms with Crippen molar-refractivity contribution in [1.82, 2.24) is 0 Å². The number of hydrogen-bond donors (Lipinski definition) is 1. The van der Waals surface area contributed by atoms with Crippen LogP contribution in [-0.2, 0) is 20.8 Å². The van der Waals surface area contributed by atoms with Crippen molar-refractivity contribution in [3.8, 4) is 5.75 Å². The van der Waals surface area contributed by atoms with Gasteiger partial charge in [-0.25, -0.2) is 0 Å². The molecule has 4 atom stereocenters. The third kappa shape index (κ3) is 3.08. The quantitative estimate of drug-likeness (QED) is 0.515. The number of carboxylic acid groups (broad SMARTS) is 1. The molecular weight excluding hydrogens is 320 g/mol. The molecule has 0 bridgehead atoms. The molecule has 0 spiro atoms. The maximum Gasteiger partial charge on any atom is 0.309 e. The van der Waals surface area contributed by atoms with E-state index in [9.17, 15) is 19.5 Å². The average Bonchev–Trinajstić information content (AvgIpc) is 2.56. The molecule has 2 aliphatic carbocycles. The van der Waals surface area contributed by atoms with Crippen molar-refractivity contribution in [2.24, 2.45) is 17.3 Å². The third-order valence-corrected chi connectivity index (χ3v) is 6.19. The molecule has 0 aliphatic heterocycles. The molecule has 3 unspecified atom stereocenters. The van der Waals surface area contributed by atoms with E-state index in [0.29, 0.717) is 18.6 Å². The Morgan fingerprint density at radius 1 is 1.36 bits per heavy atom. The number of ether oxygens (including phenoxy) is 1. The zero-order valence-electron chi connectivity index (χ0n) is 14.7. The Bertz CT molecular complexity index is 710. The molecule has 0 radical (unpaired) electrons. The topological polar surface area (TPSA) is 80.7 Å². The number of aliphatic carboxylic acids is 1. The van der Waals surface area contributed by atoms with E-state index in [1.165, 1.54) is 18.1 Å². The molecule has 5 heteroatoms. The van der Waals surface area contributed by atoms with E-state index in [0.717, 1.165) is 25.5 Å². The predicted octanol–water partition coefficient (Wildman–Crippen LogP) is 3.35. The van der Waals surface area contributed by atoms with Crippen LogP contribution in [0.2, 0.25) is 0 Å². The summed E-state index contributed by atoms with van der Waals surface area (Å²) in [4.78, 5) is 34.2. The van der Waals surface area contributed by atoms with Crippen LogP contribution in [0.25, 0.3) is 0 Å². The van der Waals surface area contributed by atoms with E-state index < -0.39 is 11.4 Å². The smallest absolute Gasteiger partial charge is 0.309 e. The molecule has 0 aromatic heterocycles. The minimum Gasteiger partial charge on any atom is -0.481 e. The first-order valence-corrected chi connectivity index (χ1v) is 8.85. The van der Waals surface area contributed by atoms with Crippen molar-refractivity contribution in [3.63, 3.8) is 0 Å². The molecule has 0 saturated heterocycles. The van der Waals surface area contributed by atoms with Gasteiger partial charge in [0.1, 0.15) is 12.0 Å². The van der Waals surface area contributed by atoms with Gasteiger partial charge in [-0.15, -0.1) is 0 Å². The Balaban J connectivity index is 1.93. The summed E-state index contributed by atoms with van der Waals surface area (Å²) in [6.45, 7) is 3.17. The highest BCUT2D eigenvalue weighted by molar-refractivity contribution is 5.75. The van der Waals surface area contributed by atoms with Crippen molar-refractivity contribution in [1.29, 1.82) is 0 Å². The first kappa shape index (κ1) is 17.6. The lowest BCUT2D eigenvalue weighted by Crippen LogP contribution is -2.47. The molecule has 1 aromatic carbocycles. The standard InChI is InChI=1S/C20H24O5/c1-12(22)25-14-4-6-15-13(11-14)3-5-17-16(15)7-9-20(2,19(23)24)18(17)8-10-21/h4,6,10-11,16-18H,3,5,7-9H2,1-2H3,(H,23,24)/t16?,17?,18-,20?/m0/s1. The van der Waals surface area contributed by atoms with Gasteiger partial charge in [0.25, 0.3) is 0 Å². The van der Waals surface area contributed by atoms with E-state index in [1.807, 2.05) is 18.2 Å². The number of carbonyl (C=O) groups excluding carboxylic acids is 2. The highest BCUT2D eigenvalue weighted by atomic mass is 16.5. The Morgan fingerprint density at radius 3 is 2.76 bits per heavy atom. The number of carboxylic acids is 1. The molecule has 1 saturated carbocycles. The van der Waals surface area contributed by atoms with Gasteiger partial charge in [-0.3, -0.25) is 9.59 Å². The largest absolute Gasteiger partial charge is 0.481 e. The monoisotopic (exact) mass is 344 g/mol. The molecule has 0 amide bonds. The maximum atomic E-state index is 11.9. The second-order valence-electron chi connectivity index (χ2n) is 7.53. The molecule has 3 rings (SSSR count). The van der Waals surface area contributed by atoms with Gasteiger partial charge in [0.15, 0.2) is 0 Å². The van der Waals surface area contributed by atoms with Crippen LogP contribution in [0.3, 0.4) is 0 Å². The van der Waals surface area contributed by atoms with E-state index in [-0.39, 0.29) is 23.7 Å². The second kappa shape index (κ2) is 6.62. The molecule has 1 fully saturated rings. The Morgan fingerprint density at radius 2 is 2.12 bits per heavy atom. The molecule has 1 aromatic rings. The number of fused-ring (bicyclic) bond motifs is 3. The van der Waals surface area contributed by atoms with Gasteiger partial charge >= 0.3 is 11.9 Å². The number of hydrogen-bond acceptors (Lipinski definition) is 4. The Labute approximate surface area is 147 Å². The van der Waals surface area contributed by atoms with Crippen LogP contribution in [0.15, 0.2) is 18.2 Å². The summed E-state index contributed by atoms with van der Waals surface area (Å²) < 4.78 is 5.18. The fourth-order valence-electron chi connectivity index (χ4n) is 4.91. The SMILES string of the molecule is CC(=O)Oc1ccc2c(c1)CCC1C2CCC(C)(C(=O)O)[C@H]1CC=O. The van der Waals surface area contributed by atoms with E-state index >= 15 is 0 Å². The highest BCUT2D eigenvalue weighted by Crippen LogP contribution is 2.55. The van der Waals surface area contributed by atoms with Gasteiger partial charge in [0.05, 0.1) is 5.41 Å². The summed E-state index contributed by atoms with van der Waals surface area (Å²) in [5, 5.41) is 9.74. The normalized spacial score (nSPS) is 30.7. The van der Waals surface area contributed by atoms with Crippen molar-refractivity contribution in [3.05, 3.63) is 29.3 Å². The van der Waals surface area contributed by atoms with Crippen molar-refractivity contribution < 1.29 is 24.2 Å². The molecule has 25 heavy (non-hydrogen) atoms. The van der Waals surface area contributed by atoms with Gasteiger partial charge in [-0.1, -0.05) is 6.07 Å².